The van der Waals surface area contributed by atoms with Gasteiger partial charge in [0.1, 0.15) is 0 Å². The first-order valence-electron chi connectivity index (χ1n) is 10.3. The average Bonchev–Trinajstić information content (AvgIpc) is 3.48. The van der Waals surface area contributed by atoms with Crippen LogP contribution in [0.2, 0.25) is 5.02 Å². The first-order valence-corrected chi connectivity index (χ1v) is 10.6. The number of halogens is 1. The maximum Gasteiger partial charge on any atom is 0.228 e. The van der Waals surface area contributed by atoms with Crippen molar-refractivity contribution in [3.05, 3.63) is 53.7 Å². The molecule has 1 aliphatic rings. The maximum absolute atomic E-state index is 12.7. The van der Waals surface area contributed by atoms with E-state index in [2.05, 4.69) is 20.5 Å². The second-order valence-corrected chi connectivity index (χ2v) is 8.19. The Morgan fingerprint density at radius 2 is 1.81 bits per heavy atom. The SMILES string of the molecule is Nc1nc(-c2ccccc2)c(-c2cc(Cl)c3[nH]ncc3c2)nc1NC(=O)C1CCCC1. The molecule has 1 amide bonds. The molecule has 2 aromatic heterocycles. The molecule has 1 aliphatic carbocycles. The molecule has 156 valence electrons. The number of aromatic nitrogens is 4. The van der Waals surface area contributed by atoms with Gasteiger partial charge in [-0.2, -0.15) is 5.10 Å². The molecule has 2 heterocycles. The van der Waals surface area contributed by atoms with Crippen molar-refractivity contribution >= 4 is 40.0 Å². The van der Waals surface area contributed by atoms with Crippen molar-refractivity contribution in [2.24, 2.45) is 5.92 Å². The predicted octanol–water partition coefficient (Wildman–Crippen LogP) is 5.05. The van der Waals surface area contributed by atoms with E-state index >= 15 is 0 Å². The monoisotopic (exact) mass is 432 g/mol. The van der Waals surface area contributed by atoms with Crippen LogP contribution in [0.3, 0.4) is 0 Å². The highest BCUT2D eigenvalue weighted by Gasteiger charge is 2.25. The Hall–Kier alpha value is -3.45. The van der Waals surface area contributed by atoms with Gasteiger partial charge in [-0.25, -0.2) is 9.97 Å². The van der Waals surface area contributed by atoms with Crippen LogP contribution in [0.15, 0.2) is 48.7 Å². The highest BCUT2D eigenvalue weighted by Crippen LogP contribution is 2.36. The van der Waals surface area contributed by atoms with Crippen molar-refractivity contribution in [3.63, 3.8) is 0 Å². The van der Waals surface area contributed by atoms with Gasteiger partial charge in [0.2, 0.25) is 5.91 Å². The van der Waals surface area contributed by atoms with Gasteiger partial charge in [-0.15, -0.1) is 0 Å². The fourth-order valence-electron chi connectivity index (χ4n) is 4.10. The number of hydrogen-bond acceptors (Lipinski definition) is 5. The summed E-state index contributed by atoms with van der Waals surface area (Å²) in [6, 6.07) is 13.4. The molecule has 2 aromatic carbocycles. The van der Waals surface area contributed by atoms with E-state index in [1.165, 1.54) is 0 Å². The van der Waals surface area contributed by atoms with Gasteiger partial charge in [0.05, 0.1) is 28.1 Å². The Labute approximate surface area is 184 Å². The number of amides is 1. The molecule has 4 N–H and O–H groups in total. The zero-order valence-electron chi connectivity index (χ0n) is 16.7. The number of fused-ring (bicyclic) bond motifs is 1. The maximum atomic E-state index is 12.7. The molecule has 7 nitrogen and oxygen atoms in total. The van der Waals surface area contributed by atoms with Crippen LogP contribution in [0.5, 0.6) is 0 Å². The van der Waals surface area contributed by atoms with Gasteiger partial charge in [-0.05, 0) is 25.0 Å². The van der Waals surface area contributed by atoms with Crippen molar-refractivity contribution in [1.29, 1.82) is 0 Å². The zero-order valence-corrected chi connectivity index (χ0v) is 17.5. The Bertz CT molecular complexity index is 1260. The molecular formula is C23H21ClN6O. The Morgan fingerprint density at radius 1 is 1.06 bits per heavy atom. The van der Waals surface area contributed by atoms with Crippen LogP contribution in [0, 0.1) is 5.92 Å². The van der Waals surface area contributed by atoms with Crippen molar-refractivity contribution < 1.29 is 4.79 Å². The largest absolute Gasteiger partial charge is 0.381 e. The van der Waals surface area contributed by atoms with E-state index in [-0.39, 0.29) is 23.5 Å². The highest BCUT2D eigenvalue weighted by molar-refractivity contribution is 6.35. The minimum Gasteiger partial charge on any atom is -0.381 e. The number of benzene rings is 2. The van der Waals surface area contributed by atoms with Crippen LogP contribution in [0.1, 0.15) is 25.7 Å². The van der Waals surface area contributed by atoms with E-state index in [0.29, 0.717) is 16.4 Å². The number of hydrogen-bond donors (Lipinski definition) is 3. The van der Waals surface area contributed by atoms with Crippen molar-refractivity contribution in [2.75, 3.05) is 11.1 Å². The third-order valence-electron chi connectivity index (χ3n) is 5.71. The van der Waals surface area contributed by atoms with E-state index in [1.807, 2.05) is 42.5 Å². The lowest BCUT2D eigenvalue weighted by atomic mass is 10.0. The number of H-pyrrole nitrogens is 1. The number of nitrogens with two attached hydrogens (primary N) is 1. The molecular weight excluding hydrogens is 412 g/mol. The summed E-state index contributed by atoms with van der Waals surface area (Å²) in [5.41, 5.74) is 9.83. The molecule has 5 rings (SSSR count). The third kappa shape index (κ3) is 3.72. The quantitative estimate of drug-likeness (QED) is 0.418. The number of rotatable bonds is 4. The summed E-state index contributed by atoms with van der Waals surface area (Å²) in [4.78, 5) is 22.1. The van der Waals surface area contributed by atoms with Crippen LogP contribution in [0.25, 0.3) is 33.4 Å². The van der Waals surface area contributed by atoms with Gasteiger partial charge < -0.3 is 11.1 Å². The Balaban J connectivity index is 1.64. The molecule has 0 atom stereocenters. The molecule has 0 saturated heterocycles. The third-order valence-corrected chi connectivity index (χ3v) is 6.01. The van der Waals surface area contributed by atoms with Gasteiger partial charge in [0.15, 0.2) is 11.6 Å². The molecule has 4 aromatic rings. The topological polar surface area (TPSA) is 110 Å². The minimum absolute atomic E-state index is 0.00447. The van der Waals surface area contributed by atoms with E-state index in [9.17, 15) is 4.79 Å². The van der Waals surface area contributed by atoms with Gasteiger partial charge in [0.25, 0.3) is 0 Å². The number of carbonyl (C=O) groups is 1. The number of nitrogens with zero attached hydrogens (tertiary/aromatic N) is 3. The molecule has 1 fully saturated rings. The summed E-state index contributed by atoms with van der Waals surface area (Å²) in [5.74, 6) is 0.398. The Kier molecular flexibility index (Phi) is 5.03. The lowest BCUT2D eigenvalue weighted by molar-refractivity contribution is -0.119. The Morgan fingerprint density at radius 3 is 2.58 bits per heavy atom. The van der Waals surface area contributed by atoms with Crippen molar-refractivity contribution in [1.82, 2.24) is 20.2 Å². The van der Waals surface area contributed by atoms with Gasteiger partial charge in [-0.1, -0.05) is 54.8 Å². The molecule has 0 spiro atoms. The van der Waals surface area contributed by atoms with E-state index in [1.54, 1.807) is 6.20 Å². The van der Waals surface area contributed by atoms with Crippen LogP contribution in [-0.4, -0.2) is 26.1 Å². The fourth-order valence-corrected chi connectivity index (χ4v) is 4.37. The summed E-state index contributed by atoms with van der Waals surface area (Å²) in [7, 11) is 0. The molecule has 1 saturated carbocycles. The number of nitrogens with one attached hydrogen (secondary N) is 2. The normalized spacial score (nSPS) is 14.2. The molecule has 0 bridgehead atoms. The number of nitrogen functional groups attached to an aromatic ring is 1. The van der Waals surface area contributed by atoms with Crippen LogP contribution in [-0.2, 0) is 4.79 Å². The summed E-state index contributed by atoms with van der Waals surface area (Å²) < 4.78 is 0. The molecule has 31 heavy (non-hydrogen) atoms. The van der Waals surface area contributed by atoms with Crippen LogP contribution in [0.4, 0.5) is 11.6 Å². The second kappa shape index (κ2) is 8.00. The first-order chi connectivity index (χ1) is 15.1. The van der Waals surface area contributed by atoms with Gasteiger partial charge >= 0.3 is 0 Å². The summed E-state index contributed by atoms with van der Waals surface area (Å²) >= 11 is 6.48. The minimum atomic E-state index is -0.0553. The predicted molar refractivity (Wildman–Crippen MR) is 123 cm³/mol. The van der Waals surface area contributed by atoms with Crippen LogP contribution >= 0.6 is 11.6 Å². The van der Waals surface area contributed by atoms with E-state index < -0.39 is 0 Å². The number of carbonyl (C=O) groups excluding carboxylic acids is 1. The summed E-state index contributed by atoms with van der Waals surface area (Å²) in [6.45, 7) is 0. The fraction of sp³-hybridized carbons (Fsp3) is 0.217. The smallest absolute Gasteiger partial charge is 0.228 e. The number of anilines is 2. The highest BCUT2D eigenvalue weighted by atomic mass is 35.5. The second-order valence-electron chi connectivity index (χ2n) is 7.78. The lowest BCUT2D eigenvalue weighted by Gasteiger charge is -2.15. The molecule has 0 aliphatic heterocycles. The molecule has 0 radical (unpaired) electrons. The van der Waals surface area contributed by atoms with Gasteiger partial charge in [0, 0.05) is 22.4 Å². The molecule has 0 unspecified atom stereocenters. The van der Waals surface area contributed by atoms with Crippen molar-refractivity contribution in [3.8, 4) is 22.5 Å². The summed E-state index contributed by atoms with van der Waals surface area (Å²) in [6.07, 6.45) is 5.63. The number of aromatic amines is 1. The lowest BCUT2D eigenvalue weighted by Crippen LogP contribution is -2.22. The van der Waals surface area contributed by atoms with Crippen LogP contribution < -0.4 is 11.1 Å². The molecule has 8 heteroatoms. The van der Waals surface area contributed by atoms with Crippen molar-refractivity contribution in [2.45, 2.75) is 25.7 Å². The summed E-state index contributed by atoms with van der Waals surface area (Å²) in [5, 5.41) is 11.2. The van der Waals surface area contributed by atoms with E-state index in [4.69, 9.17) is 22.3 Å². The van der Waals surface area contributed by atoms with Gasteiger partial charge in [-0.3, -0.25) is 9.89 Å². The first kappa shape index (κ1) is 19.5. The zero-order chi connectivity index (χ0) is 21.4. The standard InChI is InChI=1S/C23H21ClN6O/c24-17-11-15(10-16-12-26-30-18(16)17)20-19(13-6-2-1-3-7-13)27-21(25)22(28-20)29-23(31)14-8-4-5-9-14/h1-3,6-7,10-12,14H,4-5,8-9H2,(H2,25,27)(H,26,30)(H,28,29,31). The average molecular weight is 433 g/mol. The van der Waals surface area contributed by atoms with E-state index in [0.717, 1.165) is 47.7 Å².